The van der Waals surface area contributed by atoms with Gasteiger partial charge in [0.25, 0.3) is 0 Å². The SMILES string of the molecule is [CH-]=O.[CH-]=O.[Co+2]. The molecule has 0 aromatic carbocycles. The fourth-order valence-corrected chi connectivity index (χ4v) is 0. The van der Waals surface area contributed by atoms with Crippen LogP contribution in [0.2, 0.25) is 0 Å². The Hall–Kier alpha value is -0.154. The number of rotatable bonds is 0. The first-order chi connectivity index (χ1) is 2.00. The Labute approximate surface area is 40.8 Å². The number of hydrogen-bond acceptors (Lipinski definition) is 2. The van der Waals surface area contributed by atoms with Crippen LogP contribution >= 0.6 is 0 Å². The third-order valence-electron chi connectivity index (χ3n) is 0. The molecule has 3 heteroatoms. The molecule has 0 heterocycles. The maximum Gasteiger partial charge on any atom is 2.00 e. The van der Waals surface area contributed by atoms with Crippen molar-refractivity contribution in [3.63, 3.8) is 0 Å². The minimum absolute atomic E-state index is 0. The second kappa shape index (κ2) is 1320. The molecule has 0 fully saturated rings. The minimum Gasteiger partial charge on any atom is -0.545 e. The molecular weight excluding hydrogens is 115 g/mol. The van der Waals surface area contributed by atoms with Crippen molar-refractivity contribution in [2.45, 2.75) is 0 Å². The van der Waals surface area contributed by atoms with Crippen LogP contribution < -0.4 is 0 Å². The summed E-state index contributed by atoms with van der Waals surface area (Å²) in [5.74, 6) is 0. The molecule has 0 unspecified atom stereocenters. The first-order valence-electron chi connectivity index (χ1n) is 0.471. The smallest absolute Gasteiger partial charge is 0.545 e. The van der Waals surface area contributed by atoms with Crippen LogP contribution in [0.25, 0.3) is 0 Å². The van der Waals surface area contributed by atoms with Crippen LogP contribution in [-0.2, 0) is 26.4 Å². The second-order valence-corrected chi connectivity index (χ2v) is 0. The van der Waals surface area contributed by atoms with Crippen LogP contribution in [0, 0.1) is 0 Å². The molecule has 31 valence electrons. The summed E-state index contributed by atoms with van der Waals surface area (Å²) < 4.78 is 0. The van der Waals surface area contributed by atoms with Gasteiger partial charge < -0.3 is 9.59 Å². The Morgan fingerprint density at radius 2 is 0.800 bits per heavy atom. The van der Waals surface area contributed by atoms with E-state index in [1.165, 1.54) is 0 Å². The van der Waals surface area contributed by atoms with Gasteiger partial charge in [-0.25, -0.2) is 0 Å². The average molecular weight is 117 g/mol. The van der Waals surface area contributed by atoms with E-state index >= 15 is 0 Å². The Morgan fingerprint density at radius 3 is 0.800 bits per heavy atom. The third kappa shape index (κ3) is 557. The second-order valence-electron chi connectivity index (χ2n) is 0. The number of hydrogen-bond donors (Lipinski definition) is 0. The molecule has 0 amide bonds. The fourth-order valence-electron chi connectivity index (χ4n) is 0. The van der Waals surface area contributed by atoms with E-state index in [9.17, 15) is 0 Å². The molecule has 2 nitrogen and oxygen atoms in total. The maximum absolute atomic E-state index is 7.75. The van der Waals surface area contributed by atoms with Crippen LogP contribution in [-0.4, -0.2) is 13.6 Å². The summed E-state index contributed by atoms with van der Waals surface area (Å²) in [5, 5.41) is 0. The monoisotopic (exact) mass is 117 g/mol. The normalized spacial score (nSPS) is 1.60. The van der Waals surface area contributed by atoms with Crippen molar-refractivity contribution < 1.29 is 26.4 Å². The van der Waals surface area contributed by atoms with Crippen LogP contribution in [0.5, 0.6) is 0 Å². The van der Waals surface area contributed by atoms with Gasteiger partial charge in [-0.3, -0.25) is 13.6 Å². The zero-order valence-corrected chi connectivity index (χ0v) is 3.35. The van der Waals surface area contributed by atoms with Gasteiger partial charge in [0.15, 0.2) is 0 Å². The molecule has 0 aromatic heterocycles. The van der Waals surface area contributed by atoms with E-state index in [0.717, 1.165) is 0 Å². The van der Waals surface area contributed by atoms with E-state index in [4.69, 9.17) is 9.59 Å². The largest absolute Gasteiger partial charge is 2.00 e. The van der Waals surface area contributed by atoms with Gasteiger partial charge in [-0.05, 0) is 0 Å². The van der Waals surface area contributed by atoms with E-state index in [1.807, 2.05) is 0 Å². The molecule has 0 saturated carbocycles. The molecule has 0 atom stereocenters. The van der Waals surface area contributed by atoms with Crippen molar-refractivity contribution in [1.29, 1.82) is 0 Å². The first-order valence-corrected chi connectivity index (χ1v) is 0.471. The standard InChI is InChI=1S/2CHO.Co/c2*1-2;/h2*1H;/q2*-1;+2. The molecule has 0 aliphatic heterocycles. The van der Waals surface area contributed by atoms with Crippen molar-refractivity contribution in [3.8, 4) is 0 Å². The Balaban J connectivity index is -0.0000000133. The molecule has 0 N–H and O–H groups in total. The van der Waals surface area contributed by atoms with Crippen molar-refractivity contribution in [2.24, 2.45) is 0 Å². The van der Waals surface area contributed by atoms with Gasteiger partial charge in [-0.15, -0.1) is 0 Å². The quantitative estimate of drug-likeness (QED) is 0.315. The van der Waals surface area contributed by atoms with Gasteiger partial charge in [0.1, 0.15) is 0 Å². The Kier molecular flexibility index (Phi) is 5560. The van der Waals surface area contributed by atoms with E-state index < -0.39 is 0 Å². The van der Waals surface area contributed by atoms with Crippen LogP contribution in [0.3, 0.4) is 0 Å². The van der Waals surface area contributed by atoms with Gasteiger partial charge in [-0.1, -0.05) is 0 Å². The molecule has 1 radical (unpaired) electrons. The van der Waals surface area contributed by atoms with E-state index in [-0.39, 0.29) is 16.8 Å². The summed E-state index contributed by atoms with van der Waals surface area (Å²) in [6, 6.07) is 0. The van der Waals surface area contributed by atoms with Crippen LogP contribution in [0.4, 0.5) is 0 Å². The van der Waals surface area contributed by atoms with E-state index in [1.54, 1.807) is 0 Å². The zero-order chi connectivity index (χ0) is 4.00. The maximum atomic E-state index is 7.75. The fraction of sp³-hybridized carbons (Fsp3) is 0. The van der Waals surface area contributed by atoms with Gasteiger partial charge in [-0.2, -0.15) is 0 Å². The molecule has 0 aliphatic rings. The summed E-state index contributed by atoms with van der Waals surface area (Å²) in [6.07, 6.45) is 0. The van der Waals surface area contributed by atoms with Crippen molar-refractivity contribution in [2.75, 3.05) is 0 Å². The Morgan fingerprint density at radius 1 is 0.800 bits per heavy atom. The van der Waals surface area contributed by atoms with Gasteiger partial charge in [0.05, 0.1) is 0 Å². The molecule has 0 rings (SSSR count). The van der Waals surface area contributed by atoms with Gasteiger partial charge in [0.2, 0.25) is 0 Å². The number of carbonyl (C=O) groups excluding carboxylic acids is 2. The average Bonchev–Trinajstić information content (AvgIpc) is 1.50. The molecule has 5 heavy (non-hydrogen) atoms. The predicted molar refractivity (Wildman–Crippen MR) is 13.5 cm³/mol. The molecule has 0 bridgehead atoms. The molecule has 0 spiro atoms. The minimum atomic E-state index is 0. The van der Waals surface area contributed by atoms with Crippen molar-refractivity contribution in [1.82, 2.24) is 0 Å². The molecular formula is C2H2CoO2. The van der Waals surface area contributed by atoms with Gasteiger partial charge >= 0.3 is 16.8 Å². The summed E-state index contributed by atoms with van der Waals surface area (Å²) >= 11 is 0. The summed E-state index contributed by atoms with van der Waals surface area (Å²) in [7, 11) is 0. The summed E-state index contributed by atoms with van der Waals surface area (Å²) in [5.41, 5.74) is 0. The molecule has 0 aliphatic carbocycles. The van der Waals surface area contributed by atoms with Crippen molar-refractivity contribution in [3.05, 3.63) is 0 Å². The summed E-state index contributed by atoms with van der Waals surface area (Å²) in [6.45, 7) is 6.50. The summed E-state index contributed by atoms with van der Waals surface area (Å²) in [4.78, 5) is 15.5. The zero-order valence-electron chi connectivity index (χ0n) is 2.30. The van der Waals surface area contributed by atoms with E-state index in [2.05, 4.69) is 13.6 Å². The topological polar surface area (TPSA) is 34.1 Å². The molecule has 0 aromatic rings. The first kappa shape index (κ1) is 21.0. The van der Waals surface area contributed by atoms with Crippen LogP contribution in [0.1, 0.15) is 0 Å². The van der Waals surface area contributed by atoms with Crippen molar-refractivity contribution >= 4 is 13.6 Å². The predicted octanol–water partition coefficient (Wildman–Crippen LogP) is -0.551. The molecule has 0 saturated heterocycles. The van der Waals surface area contributed by atoms with Gasteiger partial charge in [0, 0.05) is 0 Å². The van der Waals surface area contributed by atoms with Crippen LogP contribution in [0.15, 0.2) is 0 Å². The third-order valence-corrected chi connectivity index (χ3v) is 0. The van der Waals surface area contributed by atoms with E-state index in [0.29, 0.717) is 0 Å². The Bertz CT molecular complexity index is 9.61.